The maximum Gasteiger partial charge on any atom is 0.180 e. The maximum absolute atomic E-state index is 6.63. The Balaban J connectivity index is 0.953. The van der Waals surface area contributed by atoms with Crippen molar-refractivity contribution >= 4 is 60.9 Å². The molecule has 5 nitrogen and oxygen atoms in total. The fourth-order valence-corrected chi connectivity index (χ4v) is 9.12. The largest absolute Gasteiger partial charge is 0.451 e. The summed E-state index contributed by atoms with van der Waals surface area (Å²) < 4.78 is 11.4. The van der Waals surface area contributed by atoms with Crippen LogP contribution in [0, 0.1) is 0 Å². The van der Waals surface area contributed by atoms with Crippen LogP contribution in [-0.4, -0.2) is 19.1 Å². The van der Waals surface area contributed by atoms with Gasteiger partial charge in [0.2, 0.25) is 0 Å². The Morgan fingerprint density at radius 2 is 1.14 bits per heavy atom. The van der Waals surface area contributed by atoms with Gasteiger partial charge < -0.3 is 13.6 Å². The van der Waals surface area contributed by atoms with Crippen LogP contribution in [0.25, 0.3) is 106 Å². The van der Waals surface area contributed by atoms with Gasteiger partial charge >= 0.3 is 0 Å². The molecule has 11 aromatic rings. The Hall–Kier alpha value is -7.50. The van der Waals surface area contributed by atoms with E-state index in [9.17, 15) is 0 Å². The second-order valence-electron chi connectivity index (χ2n) is 14.9. The number of hydrogen-bond donors (Lipinski definition) is 0. The summed E-state index contributed by atoms with van der Waals surface area (Å²) in [5, 5.41) is 4.77. The number of allylic oxidation sites excluding steroid dienone is 1. The Kier molecular flexibility index (Phi) is 6.99. The molecule has 268 valence electrons. The molecule has 0 N–H and O–H groups in total. The number of rotatable bonds is 5. The van der Waals surface area contributed by atoms with E-state index in [4.69, 9.17) is 9.40 Å². The number of aromatic nitrogens is 4. The van der Waals surface area contributed by atoms with Crippen LogP contribution in [0.1, 0.15) is 17.7 Å². The van der Waals surface area contributed by atoms with Crippen molar-refractivity contribution in [1.29, 1.82) is 0 Å². The molecule has 7 aromatic carbocycles. The first kappa shape index (κ1) is 31.8. The summed E-state index contributed by atoms with van der Waals surface area (Å²) in [4.78, 5) is 9.43. The van der Waals surface area contributed by atoms with Gasteiger partial charge in [-0.3, -0.25) is 0 Å². The number of hydrogen-bond acceptors (Lipinski definition) is 3. The zero-order valence-corrected chi connectivity index (χ0v) is 30.9. The number of fused-ring (bicyclic) bond motifs is 9. The van der Waals surface area contributed by atoms with Crippen molar-refractivity contribution in [2.45, 2.75) is 12.8 Å². The number of nitrogens with zero attached hydrogens (tertiary/aromatic N) is 4. The minimum Gasteiger partial charge on any atom is -0.451 e. The van der Waals surface area contributed by atoms with Gasteiger partial charge in [0.05, 0.1) is 16.6 Å². The lowest BCUT2D eigenvalue weighted by molar-refractivity contribution is 0.668. The average Bonchev–Trinajstić information content (AvgIpc) is 3.94. The molecule has 0 fully saturated rings. The molecule has 0 aliphatic heterocycles. The van der Waals surface area contributed by atoms with Crippen LogP contribution in [0.2, 0.25) is 0 Å². The molecule has 0 amide bonds. The smallest absolute Gasteiger partial charge is 0.180 e. The van der Waals surface area contributed by atoms with Crippen LogP contribution in [-0.2, 0) is 6.42 Å². The molecule has 0 unspecified atom stereocenters. The van der Waals surface area contributed by atoms with Gasteiger partial charge in [0, 0.05) is 49.7 Å². The summed E-state index contributed by atoms with van der Waals surface area (Å²) >= 11 is 0. The third-order valence-electron chi connectivity index (χ3n) is 11.7. The molecule has 57 heavy (non-hydrogen) atoms. The quantitative estimate of drug-likeness (QED) is 0.177. The highest BCUT2D eigenvalue weighted by Gasteiger charge is 2.21. The molecular formula is C52H34N4O. The molecule has 0 radical (unpaired) electrons. The number of para-hydroxylation sites is 3. The van der Waals surface area contributed by atoms with E-state index in [-0.39, 0.29) is 0 Å². The highest BCUT2D eigenvalue weighted by molar-refractivity contribution is 6.12. The van der Waals surface area contributed by atoms with Crippen LogP contribution in [0.3, 0.4) is 0 Å². The predicted octanol–water partition coefficient (Wildman–Crippen LogP) is 13.4. The zero-order valence-electron chi connectivity index (χ0n) is 30.9. The lowest BCUT2D eigenvalue weighted by atomic mass is 9.97. The summed E-state index contributed by atoms with van der Waals surface area (Å²) in [6.07, 6.45) is 8.36. The standard InChI is InChI=1S/C52H34N4O/c1-3-12-33(13-4-1)39-18-11-19-42-50-52(57-51(39)42)49(53-32-54-50)34-22-26-38(27-23-34)56-46-21-10-8-17-41(46)44-31-36(25-29-48(44)56)35-24-28-47-43(30-35)40-16-7-9-20-45(40)55(47)37-14-5-2-6-15-37/h1-6,8-15,17-32H,7,16H2. The molecule has 1 aliphatic rings. The molecule has 0 atom stereocenters. The molecule has 0 spiro atoms. The Morgan fingerprint density at radius 3 is 1.96 bits per heavy atom. The third kappa shape index (κ3) is 4.89. The lowest BCUT2D eigenvalue weighted by Gasteiger charge is -2.11. The maximum atomic E-state index is 6.63. The normalized spacial score (nSPS) is 12.7. The van der Waals surface area contributed by atoms with Gasteiger partial charge in [0.1, 0.15) is 23.1 Å². The molecule has 1 aliphatic carbocycles. The van der Waals surface area contributed by atoms with Crippen LogP contribution in [0.5, 0.6) is 0 Å². The van der Waals surface area contributed by atoms with Gasteiger partial charge in [-0.05, 0) is 102 Å². The van der Waals surface area contributed by atoms with Crippen molar-refractivity contribution in [3.8, 4) is 44.9 Å². The van der Waals surface area contributed by atoms with Crippen LogP contribution in [0.15, 0.2) is 181 Å². The van der Waals surface area contributed by atoms with Gasteiger partial charge in [-0.1, -0.05) is 109 Å². The van der Waals surface area contributed by atoms with Crippen molar-refractivity contribution in [1.82, 2.24) is 19.1 Å². The molecule has 5 heteroatoms. The fraction of sp³-hybridized carbons (Fsp3) is 0.0385. The monoisotopic (exact) mass is 730 g/mol. The van der Waals surface area contributed by atoms with E-state index in [1.165, 1.54) is 60.8 Å². The van der Waals surface area contributed by atoms with Gasteiger partial charge in [-0.25, -0.2) is 9.97 Å². The third-order valence-corrected chi connectivity index (χ3v) is 11.7. The van der Waals surface area contributed by atoms with Gasteiger partial charge in [0.15, 0.2) is 5.58 Å². The summed E-state index contributed by atoms with van der Waals surface area (Å²) in [6, 6.07) is 58.6. The van der Waals surface area contributed by atoms with E-state index in [2.05, 4.69) is 184 Å². The van der Waals surface area contributed by atoms with E-state index in [1.54, 1.807) is 6.33 Å². The average molecular weight is 731 g/mol. The lowest BCUT2D eigenvalue weighted by Crippen LogP contribution is -1.99. The van der Waals surface area contributed by atoms with Crippen molar-refractivity contribution in [3.63, 3.8) is 0 Å². The first-order valence-corrected chi connectivity index (χ1v) is 19.5. The van der Waals surface area contributed by atoms with Crippen LogP contribution in [0.4, 0.5) is 0 Å². The first-order valence-electron chi connectivity index (χ1n) is 19.5. The minimum absolute atomic E-state index is 0.694. The second-order valence-corrected chi connectivity index (χ2v) is 14.9. The van der Waals surface area contributed by atoms with E-state index in [0.29, 0.717) is 5.58 Å². The Morgan fingerprint density at radius 1 is 0.474 bits per heavy atom. The molecule has 12 rings (SSSR count). The highest BCUT2D eigenvalue weighted by Crippen LogP contribution is 2.41. The van der Waals surface area contributed by atoms with Gasteiger partial charge in [-0.15, -0.1) is 0 Å². The molecule has 0 bridgehead atoms. The zero-order chi connectivity index (χ0) is 37.5. The predicted molar refractivity (Wildman–Crippen MR) is 234 cm³/mol. The van der Waals surface area contributed by atoms with Crippen molar-refractivity contribution in [2.75, 3.05) is 0 Å². The van der Waals surface area contributed by atoms with Crippen molar-refractivity contribution in [3.05, 3.63) is 187 Å². The van der Waals surface area contributed by atoms with Crippen molar-refractivity contribution in [2.24, 2.45) is 0 Å². The molecule has 0 saturated heterocycles. The van der Waals surface area contributed by atoms with E-state index < -0.39 is 0 Å². The number of benzene rings is 7. The Labute approximate surface area is 328 Å². The van der Waals surface area contributed by atoms with Crippen molar-refractivity contribution < 1.29 is 4.42 Å². The molecule has 4 heterocycles. The molecule has 4 aromatic heterocycles. The van der Waals surface area contributed by atoms with E-state index in [1.807, 2.05) is 6.07 Å². The minimum atomic E-state index is 0.694. The highest BCUT2D eigenvalue weighted by atomic mass is 16.3. The topological polar surface area (TPSA) is 48.8 Å². The fourth-order valence-electron chi connectivity index (χ4n) is 9.12. The summed E-state index contributed by atoms with van der Waals surface area (Å²) in [5.41, 5.74) is 17.3. The van der Waals surface area contributed by atoms with Gasteiger partial charge in [-0.2, -0.15) is 0 Å². The second kappa shape index (κ2) is 12.5. The van der Waals surface area contributed by atoms with Crippen LogP contribution >= 0.6 is 0 Å². The summed E-state index contributed by atoms with van der Waals surface area (Å²) in [6.45, 7) is 0. The van der Waals surface area contributed by atoms with E-state index in [0.717, 1.165) is 57.4 Å². The molecule has 0 saturated carbocycles. The van der Waals surface area contributed by atoms with E-state index >= 15 is 0 Å². The van der Waals surface area contributed by atoms with Gasteiger partial charge in [0.25, 0.3) is 0 Å². The summed E-state index contributed by atoms with van der Waals surface area (Å²) in [5.74, 6) is 0. The van der Waals surface area contributed by atoms with Crippen LogP contribution < -0.4 is 0 Å². The summed E-state index contributed by atoms with van der Waals surface area (Å²) in [7, 11) is 0. The number of furan rings is 1. The number of aryl methyl sites for hydroxylation is 1. The Bertz CT molecular complexity index is 3390. The SMILES string of the molecule is C1=Cc2c(c3cc(-c4ccc5c(c4)c4ccccc4n5-c4ccc(-c5ncnc6c5oc5c(-c7ccccc7)cccc56)cc4)ccc3n2-c2ccccc2)CC1. The first-order chi connectivity index (χ1) is 28.3. The molecular weight excluding hydrogens is 697 g/mol.